The maximum Gasteiger partial charge on any atom is 0.354 e. The van der Waals surface area contributed by atoms with Crippen LogP contribution in [0.3, 0.4) is 0 Å². The summed E-state index contributed by atoms with van der Waals surface area (Å²) < 4.78 is 7.62. The molecule has 0 unspecified atom stereocenters. The third kappa shape index (κ3) is 1.74. The number of rotatable bonds is 2. The van der Waals surface area contributed by atoms with Crippen LogP contribution < -0.4 is 4.90 Å². The normalized spacial score (nSPS) is 20.5. The van der Waals surface area contributed by atoms with Crippen molar-refractivity contribution < 1.29 is 14.6 Å². The maximum atomic E-state index is 11.2. The Labute approximate surface area is 114 Å². The summed E-state index contributed by atoms with van der Waals surface area (Å²) in [5, 5.41) is 9.18. The van der Waals surface area contributed by atoms with E-state index in [9.17, 15) is 9.90 Å². The van der Waals surface area contributed by atoms with Crippen molar-refractivity contribution in [2.45, 2.75) is 18.4 Å². The van der Waals surface area contributed by atoms with Crippen LogP contribution in [-0.2, 0) is 4.74 Å². The van der Waals surface area contributed by atoms with Gasteiger partial charge in [-0.3, -0.25) is 4.40 Å². The number of hydrogen-bond acceptors (Lipinski definition) is 5. The van der Waals surface area contributed by atoms with Crippen LogP contribution >= 0.6 is 0 Å². The second-order valence-electron chi connectivity index (χ2n) is 5.36. The van der Waals surface area contributed by atoms with Crippen molar-refractivity contribution in [3.63, 3.8) is 0 Å². The number of imidazole rings is 1. The second-order valence-corrected chi connectivity index (χ2v) is 5.36. The number of ether oxygens (including phenoxy) is 1. The van der Waals surface area contributed by atoms with E-state index in [0.29, 0.717) is 24.7 Å². The van der Waals surface area contributed by atoms with Crippen molar-refractivity contribution in [3.05, 3.63) is 24.2 Å². The van der Waals surface area contributed by atoms with Gasteiger partial charge in [-0.2, -0.15) is 0 Å². The van der Waals surface area contributed by atoms with Crippen LogP contribution in [0.15, 0.2) is 18.5 Å². The number of carboxylic acid groups (broad SMARTS) is 1. The molecule has 0 atom stereocenters. The fraction of sp³-hybridized carbons (Fsp3) is 0.462. The number of nitrogens with zero attached hydrogens (tertiary/aromatic N) is 4. The molecule has 7 heteroatoms. The van der Waals surface area contributed by atoms with Crippen LogP contribution in [0.4, 0.5) is 5.95 Å². The van der Waals surface area contributed by atoms with E-state index in [1.54, 1.807) is 12.4 Å². The summed E-state index contributed by atoms with van der Waals surface area (Å²) >= 11 is 0. The molecule has 1 saturated heterocycles. The lowest BCUT2D eigenvalue weighted by Gasteiger charge is -2.34. The number of aromatic carboxylic acids is 1. The Balaban J connectivity index is 1.80. The van der Waals surface area contributed by atoms with Gasteiger partial charge < -0.3 is 14.7 Å². The Bertz CT molecular complexity index is 692. The summed E-state index contributed by atoms with van der Waals surface area (Å²) in [6.07, 6.45) is 5.59. The van der Waals surface area contributed by atoms with Gasteiger partial charge in [-0.1, -0.05) is 0 Å². The fourth-order valence-electron chi connectivity index (χ4n) is 2.70. The third-order valence-electron chi connectivity index (χ3n) is 3.93. The molecule has 0 amide bonds. The molecule has 1 spiro atoms. The first-order valence-electron chi connectivity index (χ1n) is 6.63. The minimum absolute atomic E-state index is 0.0232. The maximum absolute atomic E-state index is 11.2. The largest absolute Gasteiger partial charge is 0.477 e. The summed E-state index contributed by atoms with van der Waals surface area (Å²) in [6.45, 7) is 2.12. The molecule has 2 fully saturated rings. The Morgan fingerprint density at radius 2 is 2.30 bits per heavy atom. The van der Waals surface area contributed by atoms with Gasteiger partial charge in [-0.05, 0) is 12.8 Å². The smallest absolute Gasteiger partial charge is 0.354 e. The molecule has 1 saturated carbocycles. The molecule has 0 aromatic carbocycles. The zero-order chi connectivity index (χ0) is 13.7. The molecule has 1 aliphatic heterocycles. The number of anilines is 1. The van der Waals surface area contributed by atoms with Crippen LogP contribution in [-0.4, -0.2) is 50.7 Å². The van der Waals surface area contributed by atoms with Gasteiger partial charge in [-0.15, -0.1) is 0 Å². The number of hydrogen-bond donors (Lipinski definition) is 1. The fourth-order valence-corrected chi connectivity index (χ4v) is 2.70. The first-order valence-corrected chi connectivity index (χ1v) is 6.63. The minimum atomic E-state index is -1.04. The lowest BCUT2D eigenvalue weighted by molar-refractivity contribution is 0.0200. The highest BCUT2D eigenvalue weighted by Gasteiger charge is 2.48. The lowest BCUT2D eigenvalue weighted by Crippen LogP contribution is -2.45. The highest BCUT2D eigenvalue weighted by Crippen LogP contribution is 2.42. The van der Waals surface area contributed by atoms with Crippen molar-refractivity contribution in [1.82, 2.24) is 14.4 Å². The summed E-state index contributed by atoms with van der Waals surface area (Å²) in [5.41, 5.74) is 0.588. The van der Waals surface area contributed by atoms with E-state index in [-0.39, 0.29) is 11.3 Å². The van der Waals surface area contributed by atoms with Crippen LogP contribution in [0.2, 0.25) is 0 Å². The Morgan fingerprint density at radius 1 is 1.45 bits per heavy atom. The molecule has 1 aliphatic carbocycles. The summed E-state index contributed by atoms with van der Waals surface area (Å²) in [6, 6.07) is 1.49. The Hall–Kier alpha value is -2.15. The van der Waals surface area contributed by atoms with Crippen LogP contribution in [0.1, 0.15) is 23.3 Å². The van der Waals surface area contributed by atoms with Crippen LogP contribution in [0.5, 0.6) is 0 Å². The molecule has 2 aromatic rings. The van der Waals surface area contributed by atoms with Crippen molar-refractivity contribution in [2.75, 3.05) is 24.6 Å². The zero-order valence-electron chi connectivity index (χ0n) is 10.8. The molecule has 7 nitrogen and oxygen atoms in total. The monoisotopic (exact) mass is 274 g/mol. The number of fused-ring (bicyclic) bond motifs is 1. The molecule has 2 aliphatic rings. The van der Waals surface area contributed by atoms with Crippen LogP contribution in [0, 0.1) is 0 Å². The predicted octanol–water partition coefficient (Wildman–Crippen LogP) is 0.797. The van der Waals surface area contributed by atoms with Gasteiger partial charge in [0, 0.05) is 31.5 Å². The SMILES string of the molecule is O=C(O)c1cc2nccn2c(N2CCOC3(CC3)C2)n1. The molecule has 4 rings (SSSR count). The van der Waals surface area contributed by atoms with Gasteiger partial charge in [-0.25, -0.2) is 14.8 Å². The zero-order valence-corrected chi connectivity index (χ0v) is 10.8. The van der Waals surface area contributed by atoms with E-state index in [2.05, 4.69) is 14.9 Å². The molecule has 0 radical (unpaired) electrons. The molecular weight excluding hydrogens is 260 g/mol. The van der Waals surface area contributed by atoms with Gasteiger partial charge in [0.1, 0.15) is 5.65 Å². The highest BCUT2D eigenvalue weighted by molar-refractivity contribution is 5.87. The van der Waals surface area contributed by atoms with E-state index in [1.807, 2.05) is 4.40 Å². The number of carbonyl (C=O) groups is 1. The van der Waals surface area contributed by atoms with Gasteiger partial charge in [0.25, 0.3) is 0 Å². The number of morpholine rings is 1. The van der Waals surface area contributed by atoms with E-state index >= 15 is 0 Å². The average molecular weight is 274 g/mol. The second kappa shape index (κ2) is 3.92. The van der Waals surface area contributed by atoms with Crippen molar-refractivity contribution in [2.24, 2.45) is 0 Å². The standard InChI is InChI=1S/C13H14N4O3/c18-11(19)9-7-10-14-3-4-17(10)12(15-9)16-5-6-20-13(8-16)1-2-13/h3-4,7H,1-2,5-6,8H2,(H,18,19). The quantitative estimate of drug-likeness (QED) is 0.872. The highest BCUT2D eigenvalue weighted by atomic mass is 16.5. The van der Waals surface area contributed by atoms with Gasteiger partial charge in [0.05, 0.1) is 12.2 Å². The van der Waals surface area contributed by atoms with Gasteiger partial charge in [0.2, 0.25) is 5.95 Å². The molecular formula is C13H14N4O3. The predicted molar refractivity (Wildman–Crippen MR) is 70.1 cm³/mol. The van der Waals surface area contributed by atoms with E-state index in [4.69, 9.17) is 4.74 Å². The van der Waals surface area contributed by atoms with E-state index in [1.165, 1.54) is 6.07 Å². The minimum Gasteiger partial charge on any atom is -0.477 e. The number of aromatic nitrogens is 3. The molecule has 104 valence electrons. The molecule has 3 heterocycles. The average Bonchev–Trinajstić information content (AvgIpc) is 3.02. The first-order chi connectivity index (χ1) is 9.67. The summed E-state index contributed by atoms with van der Waals surface area (Å²) in [4.78, 5) is 21.7. The molecule has 20 heavy (non-hydrogen) atoms. The third-order valence-corrected chi connectivity index (χ3v) is 3.93. The van der Waals surface area contributed by atoms with Gasteiger partial charge >= 0.3 is 5.97 Å². The first kappa shape index (κ1) is 11.7. The van der Waals surface area contributed by atoms with Crippen molar-refractivity contribution >= 4 is 17.6 Å². The van der Waals surface area contributed by atoms with Crippen LogP contribution in [0.25, 0.3) is 5.65 Å². The van der Waals surface area contributed by atoms with E-state index < -0.39 is 5.97 Å². The van der Waals surface area contributed by atoms with E-state index in [0.717, 1.165) is 19.4 Å². The molecule has 1 N–H and O–H groups in total. The van der Waals surface area contributed by atoms with Crippen molar-refractivity contribution in [3.8, 4) is 0 Å². The van der Waals surface area contributed by atoms with Crippen molar-refractivity contribution in [1.29, 1.82) is 0 Å². The van der Waals surface area contributed by atoms with Gasteiger partial charge in [0.15, 0.2) is 5.69 Å². The summed E-state index contributed by atoms with van der Waals surface area (Å²) in [7, 11) is 0. The lowest BCUT2D eigenvalue weighted by atomic mass is 10.2. The molecule has 0 bridgehead atoms. The number of carboxylic acids is 1. The Morgan fingerprint density at radius 3 is 3.05 bits per heavy atom. The topological polar surface area (TPSA) is 80.0 Å². The molecule has 2 aromatic heterocycles. The summed E-state index contributed by atoms with van der Waals surface area (Å²) in [5.74, 6) is -0.405. The Kier molecular flexibility index (Phi) is 2.29.